The molecule has 164 valence electrons. The average Bonchev–Trinajstić information content (AvgIpc) is 3.16. The summed E-state index contributed by atoms with van der Waals surface area (Å²) in [6, 6.07) is 8.32. The molecule has 0 saturated heterocycles. The lowest BCUT2D eigenvalue weighted by Gasteiger charge is -2.22. The zero-order valence-corrected chi connectivity index (χ0v) is 19.2. The van der Waals surface area contributed by atoms with Gasteiger partial charge < -0.3 is 14.6 Å². The van der Waals surface area contributed by atoms with Gasteiger partial charge in [-0.25, -0.2) is 4.79 Å². The van der Waals surface area contributed by atoms with Crippen molar-refractivity contribution >= 4 is 34.9 Å². The average molecular weight is 463 g/mol. The Morgan fingerprint density at radius 3 is 2.48 bits per heavy atom. The smallest absolute Gasteiger partial charge is 0.356 e. The van der Waals surface area contributed by atoms with Gasteiger partial charge in [0.25, 0.3) is 5.56 Å². The first-order valence-corrected chi connectivity index (χ1v) is 10.6. The number of rotatable bonds is 7. The Morgan fingerprint density at radius 2 is 1.90 bits per heavy atom. The molecule has 0 amide bonds. The molecule has 3 aromatic rings. The van der Waals surface area contributed by atoms with E-state index in [1.807, 2.05) is 26.0 Å². The maximum absolute atomic E-state index is 12.8. The topological polar surface area (TPSA) is 78.2 Å². The Kier molecular flexibility index (Phi) is 7.08. The molecule has 31 heavy (non-hydrogen) atoms. The quantitative estimate of drug-likeness (QED) is 0.507. The molecule has 7 nitrogen and oxygen atoms in total. The largest absolute Gasteiger partial charge is 0.461 e. The highest BCUT2D eigenvalue weighted by Gasteiger charge is 2.28. The molecular weight excluding hydrogens is 439 g/mol. The van der Waals surface area contributed by atoms with Crippen LogP contribution in [-0.4, -0.2) is 26.9 Å². The molecule has 0 saturated carbocycles. The fraction of sp³-hybridized carbons (Fsp3) is 0.318. The first-order valence-electron chi connectivity index (χ1n) is 9.85. The number of anilines is 1. The molecule has 2 aromatic heterocycles. The second kappa shape index (κ2) is 9.58. The minimum Gasteiger partial charge on any atom is -0.461 e. The van der Waals surface area contributed by atoms with E-state index in [1.54, 1.807) is 49.2 Å². The summed E-state index contributed by atoms with van der Waals surface area (Å²) in [5.74, 6) is -0.456. The number of pyridine rings is 1. The predicted octanol–water partition coefficient (Wildman–Crippen LogP) is 4.85. The summed E-state index contributed by atoms with van der Waals surface area (Å²) >= 11 is 12.2. The maximum Gasteiger partial charge on any atom is 0.356 e. The lowest BCUT2D eigenvalue weighted by atomic mass is 9.98. The highest BCUT2D eigenvalue weighted by molar-refractivity contribution is 6.30. The number of nitrogens with zero attached hydrogens (tertiary/aromatic N) is 3. The van der Waals surface area contributed by atoms with Crippen LogP contribution in [0.25, 0.3) is 0 Å². The highest BCUT2D eigenvalue weighted by Crippen LogP contribution is 2.31. The Balaban J connectivity index is 2.17. The van der Waals surface area contributed by atoms with Gasteiger partial charge in [-0.15, -0.1) is 0 Å². The van der Waals surface area contributed by atoms with Gasteiger partial charge in [-0.1, -0.05) is 35.3 Å². The van der Waals surface area contributed by atoms with E-state index in [-0.39, 0.29) is 23.2 Å². The van der Waals surface area contributed by atoms with Crippen molar-refractivity contribution in [3.05, 3.63) is 79.9 Å². The van der Waals surface area contributed by atoms with Crippen LogP contribution in [0, 0.1) is 0 Å². The number of carbonyl (C=O) groups is 1. The summed E-state index contributed by atoms with van der Waals surface area (Å²) in [5, 5.41) is 8.51. The van der Waals surface area contributed by atoms with Crippen LogP contribution >= 0.6 is 23.2 Å². The van der Waals surface area contributed by atoms with E-state index in [0.717, 1.165) is 5.56 Å². The monoisotopic (exact) mass is 462 g/mol. The molecule has 0 aliphatic carbocycles. The third-order valence-corrected chi connectivity index (χ3v) is 5.27. The second-order valence-corrected chi connectivity index (χ2v) is 8.17. The number of nitrogens with one attached hydrogen (secondary N) is 1. The fourth-order valence-electron chi connectivity index (χ4n) is 3.30. The van der Waals surface area contributed by atoms with E-state index in [4.69, 9.17) is 27.9 Å². The molecule has 3 rings (SSSR count). The van der Waals surface area contributed by atoms with Crippen LogP contribution in [0.15, 0.2) is 47.5 Å². The Morgan fingerprint density at radius 1 is 1.23 bits per heavy atom. The summed E-state index contributed by atoms with van der Waals surface area (Å²) in [6.45, 7) is 5.89. The molecule has 0 aliphatic rings. The van der Waals surface area contributed by atoms with Crippen molar-refractivity contribution in [1.82, 2.24) is 14.3 Å². The molecule has 0 aliphatic heterocycles. The molecule has 1 aromatic carbocycles. The number of halogens is 2. The van der Waals surface area contributed by atoms with Gasteiger partial charge in [0.05, 0.1) is 24.5 Å². The zero-order valence-electron chi connectivity index (χ0n) is 17.7. The number of esters is 1. The standard InChI is InChI=1S/C22H24Cl2N4O3/c1-5-31-22(30)20-17(11-25-28(20)13(2)3)19(14-6-8-15(23)9-7-14)26-16-10-18(24)21(29)27(4)12-16/h6-13,19,26H,5H2,1-4H3. The van der Waals surface area contributed by atoms with E-state index < -0.39 is 12.0 Å². The predicted molar refractivity (Wildman–Crippen MR) is 122 cm³/mol. The minimum atomic E-state index is -0.474. The number of ether oxygens (including phenoxy) is 1. The molecule has 1 atom stereocenters. The molecule has 1 N–H and O–H groups in total. The van der Waals surface area contributed by atoms with Gasteiger partial charge in [0, 0.05) is 29.9 Å². The summed E-state index contributed by atoms with van der Waals surface area (Å²) in [7, 11) is 1.62. The van der Waals surface area contributed by atoms with Crippen LogP contribution < -0.4 is 10.9 Å². The van der Waals surface area contributed by atoms with E-state index in [2.05, 4.69) is 10.4 Å². The SMILES string of the molecule is CCOC(=O)c1c(C(Nc2cc(Cl)c(=O)n(C)c2)c2ccc(Cl)cc2)cnn1C(C)C. The molecule has 1 unspecified atom stereocenters. The third-order valence-electron chi connectivity index (χ3n) is 4.75. The molecule has 0 radical (unpaired) electrons. The van der Waals surface area contributed by atoms with Crippen molar-refractivity contribution in [1.29, 1.82) is 0 Å². The summed E-state index contributed by atoms with van der Waals surface area (Å²) in [4.78, 5) is 24.8. The lowest BCUT2D eigenvalue weighted by Crippen LogP contribution is -2.22. The number of benzene rings is 1. The van der Waals surface area contributed by atoms with Crippen molar-refractivity contribution in [2.24, 2.45) is 7.05 Å². The van der Waals surface area contributed by atoms with Crippen LogP contribution in [-0.2, 0) is 11.8 Å². The second-order valence-electron chi connectivity index (χ2n) is 7.33. The van der Waals surface area contributed by atoms with Crippen LogP contribution in [0.5, 0.6) is 0 Å². The lowest BCUT2D eigenvalue weighted by molar-refractivity contribution is 0.0508. The summed E-state index contributed by atoms with van der Waals surface area (Å²) in [5.41, 5.74) is 2.16. The normalized spacial score (nSPS) is 12.1. The van der Waals surface area contributed by atoms with Gasteiger partial charge in [-0.05, 0) is 44.5 Å². The molecule has 0 fully saturated rings. The highest BCUT2D eigenvalue weighted by atomic mass is 35.5. The van der Waals surface area contributed by atoms with Gasteiger partial charge in [-0.2, -0.15) is 5.10 Å². The fourth-order valence-corrected chi connectivity index (χ4v) is 3.68. The number of hydrogen-bond donors (Lipinski definition) is 1. The number of aryl methyl sites for hydroxylation is 1. The number of hydrogen-bond acceptors (Lipinski definition) is 5. The van der Waals surface area contributed by atoms with Crippen LogP contribution in [0.4, 0.5) is 5.69 Å². The van der Waals surface area contributed by atoms with Gasteiger partial charge in [0.15, 0.2) is 5.69 Å². The molecule has 9 heteroatoms. The van der Waals surface area contributed by atoms with Crippen molar-refractivity contribution in [3.63, 3.8) is 0 Å². The molecule has 2 heterocycles. The van der Waals surface area contributed by atoms with Crippen LogP contribution in [0.3, 0.4) is 0 Å². The van der Waals surface area contributed by atoms with E-state index in [9.17, 15) is 9.59 Å². The number of aromatic nitrogens is 3. The summed E-state index contributed by atoms with van der Waals surface area (Å²) in [6.07, 6.45) is 3.30. The first-order chi connectivity index (χ1) is 14.7. The molecular formula is C22H24Cl2N4O3. The Hall–Kier alpha value is -2.77. The van der Waals surface area contributed by atoms with Crippen molar-refractivity contribution in [3.8, 4) is 0 Å². The number of carbonyl (C=O) groups excluding carboxylic acids is 1. The van der Waals surface area contributed by atoms with Crippen LogP contribution in [0.1, 0.15) is 54.5 Å². The van der Waals surface area contributed by atoms with E-state index in [1.165, 1.54) is 4.57 Å². The summed E-state index contributed by atoms with van der Waals surface area (Å²) < 4.78 is 8.35. The zero-order chi connectivity index (χ0) is 22.7. The molecule has 0 bridgehead atoms. The Labute approximate surface area is 190 Å². The first kappa shape index (κ1) is 22.9. The van der Waals surface area contributed by atoms with E-state index in [0.29, 0.717) is 22.0 Å². The van der Waals surface area contributed by atoms with Gasteiger partial charge in [0.2, 0.25) is 0 Å². The van der Waals surface area contributed by atoms with Crippen LogP contribution in [0.2, 0.25) is 10.0 Å². The van der Waals surface area contributed by atoms with Gasteiger partial charge >= 0.3 is 5.97 Å². The van der Waals surface area contributed by atoms with Crippen molar-refractivity contribution in [2.45, 2.75) is 32.9 Å². The van der Waals surface area contributed by atoms with Gasteiger partial charge in [0.1, 0.15) is 5.02 Å². The maximum atomic E-state index is 12.8. The van der Waals surface area contributed by atoms with E-state index >= 15 is 0 Å². The minimum absolute atomic E-state index is 0.0500. The van der Waals surface area contributed by atoms with Crippen molar-refractivity contribution in [2.75, 3.05) is 11.9 Å². The third kappa shape index (κ3) is 4.94. The Bertz CT molecular complexity index is 1110. The van der Waals surface area contributed by atoms with Gasteiger partial charge in [-0.3, -0.25) is 9.48 Å². The molecule has 0 spiro atoms. The van der Waals surface area contributed by atoms with Crippen molar-refractivity contribution < 1.29 is 9.53 Å².